The maximum absolute atomic E-state index is 5.83. The molecule has 0 spiro atoms. The van der Waals surface area contributed by atoms with Gasteiger partial charge in [0.2, 0.25) is 0 Å². The van der Waals surface area contributed by atoms with Crippen molar-refractivity contribution in [3.63, 3.8) is 0 Å². The van der Waals surface area contributed by atoms with Crippen LogP contribution in [0.2, 0.25) is 5.02 Å². The molecule has 0 saturated carbocycles. The van der Waals surface area contributed by atoms with Gasteiger partial charge in [0, 0.05) is 11.6 Å². The van der Waals surface area contributed by atoms with E-state index in [2.05, 4.69) is 23.5 Å². The molecule has 0 aromatic heterocycles. The van der Waals surface area contributed by atoms with Crippen molar-refractivity contribution in [1.82, 2.24) is 5.32 Å². The van der Waals surface area contributed by atoms with Crippen LogP contribution in [0.1, 0.15) is 12.0 Å². The molecule has 0 aliphatic carbocycles. The van der Waals surface area contributed by atoms with Gasteiger partial charge in [-0.3, -0.25) is 0 Å². The molecule has 0 atom stereocenters. The molecular weight excluding hydrogens is 194 g/mol. The molecule has 1 N–H and O–H groups in total. The lowest BCUT2D eigenvalue weighted by atomic mass is 10.0. The van der Waals surface area contributed by atoms with Crippen LogP contribution in [0.4, 0.5) is 0 Å². The first-order chi connectivity index (χ1) is 6.84. The third-order valence-electron chi connectivity index (χ3n) is 2.50. The minimum atomic E-state index is 0.813. The number of hydrogen-bond acceptors (Lipinski definition) is 1. The Bertz CT molecular complexity index is 327. The predicted molar refractivity (Wildman–Crippen MR) is 60.7 cm³/mol. The van der Waals surface area contributed by atoms with Gasteiger partial charge in [0.05, 0.1) is 0 Å². The highest BCUT2D eigenvalue weighted by Crippen LogP contribution is 2.15. The summed E-state index contributed by atoms with van der Waals surface area (Å²) in [6, 6.07) is 8.12. The smallest absolute Gasteiger partial charge is 0.0406 e. The molecule has 1 aromatic carbocycles. The molecule has 0 radical (unpaired) electrons. The highest BCUT2D eigenvalue weighted by Gasteiger charge is 2.03. The fourth-order valence-corrected chi connectivity index (χ4v) is 1.82. The number of nitrogens with one attached hydrogen (secondary N) is 1. The van der Waals surface area contributed by atoms with Gasteiger partial charge in [0.25, 0.3) is 0 Å². The van der Waals surface area contributed by atoms with Crippen molar-refractivity contribution in [2.45, 2.75) is 12.8 Å². The summed E-state index contributed by atoms with van der Waals surface area (Å²) in [4.78, 5) is 0. The molecule has 1 aliphatic rings. The number of benzene rings is 1. The van der Waals surface area contributed by atoms with Crippen LogP contribution in [0.5, 0.6) is 0 Å². The molecule has 1 aliphatic heterocycles. The van der Waals surface area contributed by atoms with E-state index < -0.39 is 0 Å². The van der Waals surface area contributed by atoms with E-state index in [4.69, 9.17) is 11.6 Å². The fraction of sp³-hybridized carbons (Fsp3) is 0.333. The zero-order chi connectivity index (χ0) is 9.80. The first-order valence-corrected chi connectivity index (χ1v) is 5.35. The van der Waals surface area contributed by atoms with Gasteiger partial charge in [-0.15, -0.1) is 0 Å². The lowest BCUT2D eigenvalue weighted by Crippen LogP contribution is -2.21. The molecule has 0 amide bonds. The summed E-state index contributed by atoms with van der Waals surface area (Å²) in [6.07, 6.45) is 4.53. The van der Waals surface area contributed by atoms with Crippen molar-refractivity contribution in [2.75, 3.05) is 13.1 Å². The molecule has 0 unspecified atom stereocenters. The van der Waals surface area contributed by atoms with Crippen LogP contribution in [0.25, 0.3) is 0 Å². The second-order valence-corrected chi connectivity index (χ2v) is 4.06. The molecule has 0 bridgehead atoms. The van der Waals surface area contributed by atoms with Crippen molar-refractivity contribution in [2.24, 2.45) is 0 Å². The van der Waals surface area contributed by atoms with E-state index in [1.54, 1.807) is 0 Å². The highest BCUT2D eigenvalue weighted by atomic mass is 35.5. The SMILES string of the molecule is Clc1ccc(CC2=CCNCC2)cc1. The Balaban J connectivity index is 2.03. The summed E-state index contributed by atoms with van der Waals surface area (Å²) >= 11 is 5.83. The minimum absolute atomic E-state index is 0.813. The average Bonchev–Trinajstić information content (AvgIpc) is 2.23. The van der Waals surface area contributed by atoms with Crippen LogP contribution in [0, 0.1) is 0 Å². The third kappa shape index (κ3) is 2.60. The summed E-state index contributed by atoms with van der Waals surface area (Å²) in [5.74, 6) is 0. The zero-order valence-corrected chi connectivity index (χ0v) is 8.85. The second-order valence-electron chi connectivity index (χ2n) is 3.62. The molecule has 1 heterocycles. The van der Waals surface area contributed by atoms with Crippen LogP contribution >= 0.6 is 11.6 Å². The molecule has 1 aromatic rings. The Kier molecular flexibility index (Phi) is 3.22. The monoisotopic (exact) mass is 207 g/mol. The van der Waals surface area contributed by atoms with E-state index >= 15 is 0 Å². The Morgan fingerprint density at radius 3 is 2.64 bits per heavy atom. The fourth-order valence-electron chi connectivity index (χ4n) is 1.69. The van der Waals surface area contributed by atoms with Gasteiger partial charge in [-0.2, -0.15) is 0 Å². The molecule has 1 nitrogen and oxygen atoms in total. The van der Waals surface area contributed by atoms with Gasteiger partial charge >= 0.3 is 0 Å². The van der Waals surface area contributed by atoms with E-state index in [9.17, 15) is 0 Å². The zero-order valence-electron chi connectivity index (χ0n) is 8.09. The third-order valence-corrected chi connectivity index (χ3v) is 2.75. The topological polar surface area (TPSA) is 12.0 Å². The standard InChI is InChI=1S/C12H14ClN/c13-12-3-1-10(2-4-12)9-11-5-7-14-8-6-11/h1-5,14H,6-9H2. The van der Waals surface area contributed by atoms with Gasteiger partial charge in [0.1, 0.15) is 0 Å². The predicted octanol–water partition coefficient (Wildman–Crippen LogP) is 2.80. The highest BCUT2D eigenvalue weighted by molar-refractivity contribution is 6.30. The van der Waals surface area contributed by atoms with Gasteiger partial charge in [0.15, 0.2) is 0 Å². The van der Waals surface area contributed by atoms with Crippen LogP contribution in [0.15, 0.2) is 35.9 Å². The van der Waals surface area contributed by atoms with Gasteiger partial charge in [-0.25, -0.2) is 0 Å². The minimum Gasteiger partial charge on any atom is -0.313 e. The van der Waals surface area contributed by atoms with E-state index in [1.807, 2.05) is 12.1 Å². The summed E-state index contributed by atoms with van der Waals surface area (Å²) in [7, 11) is 0. The van der Waals surface area contributed by atoms with E-state index in [1.165, 1.54) is 17.6 Å². The van der Waals surface area contributed by atoms with Crippen LogP contribution in [-0.2, 0) is 6.42 Å². The normalized spacial score (nSPS) is 16.5. The first-order valence-electron chi connectivity index (χ1n) is 4.98. The van der Waals surface area contributed by atoms with Crippen LogP contribution < -0.4 is 5.32 Å². The number of rotatable bonds is 2. The van der Waals surface area contributed by atoms with Crippen molar-refractivity contribution >= 4 is 11.6 Å². The van der Waals surface area contributed by atoms with Crippen molar-refractivity contribution in [3.05, 3.63) is 46.5 Å². The Hall–Kier alpha value is -0.790. The van der Waals surface area contributed by atoms with Crippen LogP contribution in [-0.4, -0.2) is 13.1 Å². The van der Waals surface area contributed by atoms with E-state index in [0.717, 1.165) is 24.5 Å². The maximum atomic E-state index is 5.83. The Labute approximate surface area is 89.8 Å². The molecule has 14 heavy (non-hydrogen) atoms. The largest absolute Gasteiger partial charge is 0.313 e. The summed E-state index contributed by atoms with van der Waals surface area (Å²) in [5, 5.41) is 4.13. The first kappa shape index (κ1) is 9.75. The molecule has 0 saturated heterocycles. The quantitative estimate of drug-likeness (QED) is 0.736. The molecule has 2 heteroatoms. The summed E-state index contributed by atoms with van der Waals surface area (Å²) in [5.41, 5.74) is 2.88. The molecule has 2 rings (SSSR count). The Morgan fingerprint density at radius 1 is 1.21 bits per heavy atom. The Morgan fingerprint density at radius 2 is 2.00 bits per heavy atom. The molecular formula is C12H14ClN. The second kappa shape index (κ2) is 4.63. The van der Waals surface area contributed by atoms with Crippen molar-refractivity contribution in [1.29, 1.82) is 0 Å². The van der Waals surface area contributed by atoms with E-state index in [-0.39, 0.29) is 0 Å². The van der Waals surface area contributed by atoms with Gasteiger partial charge in [-0.05, 0) is 37.1 Å². The number of hydrogen-bond donors (Lipinski definition) is 1. The molecule has 74 valence electrons. The van der Waals surface area contributed by atoms with Gasteiger partial charge < -0.3 is 5.32 Å². The number of halogens is 1. The van der Waals surface area contributed by atoms with Crippen molar-refractivity contribution < 1.29 is 0 Å². The van der Waals surface area contributed by atoms with Gasteiger partial charge in [-0.1, -0.05) is 35.4 Å². The van der Waals surface area contributed by atoms with Crippen LogP contribution in [0.3, 0.4) is 0 Å². The van der Waals surface area contributed by atoms with E-state index in [0.29, 0.717) is 0 Å². The van der Waals surface area contributed by atoms with Crippen molar-refractivity contribution in [3.8, 4) is 0 Å². The molecule has 0 fully saturated rings. The lowest BCUT2D eigenvalue weighted by Gasteiger charge is -2.13. The maximum Gasteiger partial charge on any atom is 0.0406 e. The summed E-state index contributed by atoms with van der Waals surface area (Å²) in [6.45, 7) is 2.13. The summed E-state index contributed by atoms with van der Waals surface area (Å²) < 4.78 is 0. The average molecular weight is 208 g/mol. The lowest BCUT2D eigenvalue weighted by molar-refractivity contribution is 0.692.